The number of sulfone groups is 1. The number of aromatic nitrogens is 1. The van der Waals surface area contributed by atoms with Gasteiger partial charge in [-0.1, -0.05) is 49.7 Å². The first-order valence-electron chi connectivity index (χ1n) is 8.94. The minimum Gasteiger partial charge on any atom is -0.361 e. The van der Waals surface area contributed by atoms with Crippen LogP contribution in [0.25, 0.3) is 10.9 Å². The second-order valence-corrected chi connectivity index (χ2v) is 9.60. The molecule has 1 N–H and O–H groups in total. The van der Waals surface area contributed by atoms with Crippen LogP contribution in [0.5, 0.6) is 0 Å². The van der Waals surface area contributed by atoms with Crippen molar-refractivity contribution in [3.63, 3.8) is 0 Å². The lowest BCUT2D eigenvalue weighted by Crippen LogP contribution is -2.27. The third-order valence-corrected chi connectivity index (χ3v) is 6.46. The van der Waals surface area contributed by atoms with E-state index in [4.69, 9.17) is 11.6 Å². The van der Waals surface area contributed by atoms with Gasteiger partial charge in [-0.15, -0.1) is 0 Å². The highest BCUT2D eigenvalue weighted by Gasteiger charge is 2.35. The first-order valence-corrected chi connectivity index (χ1v) is 11.4. The lowest BCUT2D eigenvalue weighted by molar-refractivity contribution is 0.452. The van der Waals surface area contributed by atoms with E-state index in [9.17, 15) is 12.8 Å². The van der Waals surface area contributed by atoms with Crippen LogP contribution in [0.1, 0.15) is 43.4 Å². The Labute approximate surface area is 164 Å². The summed E-state index contributed by atoms with van der Waals surface area (Å²) in [6.07, 6.45) is 4.51. The molecule has 3 rings (SSSR count). The number of aromatic amines is 1. The molecular formula is C21H23ClFNO2S. The summed E-state index contributed by atoms with van der Waals surface area (Å²) in [6, 6.07) is 10.4. The summed E-state index contributed by atoms with van der Waals surface area (Å²) in [5.41, 5.74) is 2.55. The van der Waals surface area contributed by atoms with Gasteiger partial charge in [-0.25, -0.2) is 12.8 Å². The number of halogens is 2. The van der Waals surface area contributed by atoms with Crippen molar-refractivity contribution in [2.24, 2.45) is 0 Å². The molecule has 6 heteroatoms. The van der Waals surface area contributed by atoms with Gasteiger partial charge in [0.15, 0.2) is 9.84 Å². The maximum Gasteiger partial charge on any atom is 0.151 e. The molecule has 0 radical (unpaired) electrons. The van der Waals surface area contributed by atoms with Gasteiger partial charge in [0.05, 0.1) is 5.75 Å². The van der Waals surface area contributed by atoms with E-state index in [-0.39, 0.29) is 11.6 Å². The van der Waals surface area contributed by atoms with Crippen molar-refractivity contribution in [3.8, 4) is 0 Å². The Morgan fingerprint density at radius 2 is 1.81 bits per heavy atom. The van der Waals surface area contributed by atoms with Crippen molar-refractivity contribution in [2.45, 2.75) is 37.9 Å². The predicted octanol–water partition coefficient (Wildman–Crippen LogP) is 5.61. The molecule has 0 bridgehead atoms. The summed E-state index contributed by atoms with van der Waals surface area (Å²) in [7, 11) is -3.16. The molecule has 2 aromatic carbocycles. The molecule has 144 valence electrons. The van der Waals surface area contributed by atoms with Crippen molar-refractivity contribution in [1.82, 2.24) is 4.98 Å². The zero-order valence-corrected chi connectivity index (χ0v) is 17.2. The molecule has 0 saturated carbocycles. The highest BCUT2D eigenvalue weighted by atomic mass is 35.5. The summed E-state index contributed by atoms with van der Waals surface area (Å²) < 4.78 is 38.4. The Hall–Kier alpha value is -1.85. The van der Waals surface area contributed by atoms with Crippen molar-refractivity contribution >= 4 is 32.3 Å². The van der Waals surface area contributed by atoms with Crippen LogP contribution in [0.4, 0.5) is 4.39 Å². The van der Waals surface area contributed by atoms with Crippen molar-refractivity contribution in [3.05, 3.63) is 70.1 Å². The highest BCUT2D eigenvalue weighted by molar-refractivity contribution is 7.89. The van der Waals surface area contributed by atoms with Gasteiger partial charge >= 0.3 is 0 Å². The summed E-state index contributed by atoms with van der Waals surface area (Å²) >= 11 is 5.95. The maximum absolute atomic E-state index is 14.8. The predicted molar refractivity (Wildman–Crippen MR) is 110 cm³/mol. The van der Waals surface area contributed by atoms with E-state index >= 15 is 0 Å². The van der Waals surface area contributed by atoms with Crippen LogP contribution in [-0.2, 0) is 21.0 Å². The van der Waals surface area contributed by atoms with Gasteiger partial charge in [0, 0.05) is 33.8 Å². The third kappa shape index (κ3) is 3.63. The lowest BCUT2D eigenvalue weighted by atomic mass is 9.70. The molecule has 0 unspecified atom stereocenters. The van der Waals surface area contributed by atoms with Gasteiger partial charge in [0.2, 0.25) is 0 Å². The molecule has 0 aliphatic heterocycles. The highest BCUT2D eigenvalue weighted by Crippen LogP contribution is 2.44. The fourth-order valence-corrected chi connectivity index (χ4v) is 5.01. The van der Waals surface area contributed by atoms with Gasteiger partial charge in [0.1, 0.15) is 5.82 Å². The molecule has 0 aliphatic carbocycles. The Kier molecular flexibility index (Phi) is 5.37. The first kappa shape index (κ1) is 19.9. The normalized spacial score (nSPS) is 12.6. The number of fused-ring (bicyclic) bond motifs is 1. The Balaban J connectivity index is 2.26. The molecule has 0 saturated heterocycles. The molecule has 0 fully saturated rings. The number of hydrogen-bond donors (Lipinski definition) is 1. The second-order valence-electron chi connectivity index (χ2n) is 7.03. The topological polar surface area (TPSA) is 49.9 Å². The minimum absolute atomic E-state index is 0.0369. The molecule has 27 heavy (non-hydrogen) atoms. The van der Waals surface area contributed by atoms with Gasteiger partial charge < -0.3 is 4.98 Å². The van der Waals surface area contributed by atoms with Gasteiger partial charge in [0.25, 0.3) is 0 Å². The van der Waals surface area contributed by atoms with E-state index in [2.05, 4.69) is 4.98 Å². The Morgan fingerprint density at radius 1 is 1.11 bits per heavy atom. The fourth-order valence-electron chi connectivity index (χ4n) is 4.05. The summed E-state index contributed by atoms with van der Waals surface area (Å²) in [5, 5.41) is 1.29. The van der Waals surface area contributed by atoms with Gasteiger partial charge in [-0.2, -0.15) is 0 Å². The van der Waals surface area contributed by atoms with Crippen LogP contribution >= 0.6 is 11.6 Å². The second kappa shape index (κ2) is 7.28. The largest absolute Gasteiger partial charge is 0.361 e. The zero-order chi connectivity index (χ0) is 19.8. The zero-order valence-electron chi connectivity index (χ0n) is 15.6. The number of hydrogen-bond acceptors (Lipinski definition) is 2. The molecule has 3 aromatic rings. The minimum atomic E-state index is -3.16. The molecule has 1 heterocycles. The molecule has 0 spiro atoms. The molecule has 1 aromatic heterocycles. The number of nitrogens with one attached hydrogen (secondary N) is 1. The van der Waals surface area contributed by atoms with Crippen LogP contribution in [0.3, 0.4) is 0 Å². The molecular weight excluding hydrogens is 385 g/mol. The van der Waals surface area contributed by atoms with Gasteiger partial charge in [-0.3, -0.25) is 0 Å². The lowest BCUT2D eigenvalue weighted by Gasteiger charge is -2.33. The van der Waals surface area contributed by atoms with Crippen molar-refractivity contribution in [2.75, 3.05) is 6.26 Å². The smallest absolute Gasteiger partial charge is 0.151 e. The molecule has 0 atom stereocenters. The number of rotatable bonds is 6. The van der Waals surface area contributed by atoms with Crippen LogP contribution in [0.2, 0.25) is 5.02 Å². The van der Waals surface area contributed by atoms with Crippen molar-refractivity contribution in [1.29, 1.82) is 0 Å². The SMILES string of the molecule is CCC(CC)(c1ccc(Cl)cc1F)c1c[nH]c2c(CS(C)(=O)=O)cccc12. The van der Waals surface area contributed by atoms with Crippen LogP contribution < -0.4 is 0 Å². The standard InChI is InChI=1S/C21H23ClFNO2S/c1-4-21(5-2,17-10-9-15(22)11-19(17)23)18-12-24-20-14(13-27(3,25)26)7-6-8-16(18)20/h6-12,24H,4-5,13H2,1-3H3. The number of para-hydroxylation sites is 1. The van der Waals surface area contributed by atoms with Crippen LogP contribution in [0, 0.1) is 5.82 Å². The van der Waals surface area contributed by atoms with Crippen LogP contribution in [-0.4, -0.2) is 19.7 Å². The number of benzene rings is 2. The van der Waals surface area contributed by atoms with E-state index in [1.54, 1.807) is 12.1 Å². The molecule has 3 nitrogen and oxygen atoms in total. The monoisotopic (exact) mass is 407 g/mol. The van der Waals surface area contributed by atoms with Gasteiger partial charge in [-0.05, 0) is 41.7 Å². The summed E-state index contributed by atoms with van der Waals surface area (Å²) in [5.74, 6) is -0.363. The van der Waals surface area contributed by atoms with E-state index in [1.165, 1.54) is 12.3 Å². The summed E-state index contributed by atoms with van der Waals surface area (Å²) in [4.78, 5) is 3.24. The third-order valence-electron chi connectivity index (χ3n) is 5.39. The van der Waals surface area contributed by atoms with E-state index in [0.29, 0.717) is 23.4 Å². The van der Waals surface area contributed by atoms with Crippen molar-refractivity contribution < 1.29 is 12.8 Å². The van der Waals surface area contributed by atoms with E-state index in [1.807, 2.05) is 38.2 Å². The molecule has 0 aliphatic rings. The Morgan fingerprint density at radius 3 is 2.41 bits per heavy atom. The average molecular weight is 408 g/mol. The quantitative estimate of drug-likeness (QED) is 0.577. The fraction of sp³-hybridized carbons (Fsp3) is 0.333. The summed E-state index contributed by atoms with van der Waals surface area (Å²) in [6.45, 7) is 4.08. The first-order chi connectivity index (χ1) is 12.7. The van der Waals surface area contributed by atoms with Crippen LogP contribution in [0.15, 0.2) is 42.6 Å². The molecule has 0 amide bonds. The van der Waals surface area contributed by atoms with E-state index in [0.717, 1.165) is 22.0 Å². The van der Waals surface area contributed by atoms with E-state index < -0.39 is 15.3 Å². The maximum atomic E-state index is 14.8. The number of H-pyrrole nitrogens is 1. The Bertz CT molecular complexity index is 1080. The average Bonchev–Trinajstić information content (AvgIpc) is 3.02.